The Hall–Kier alpha value is -1.39. The summed E-state index contributed by atoms with van der Waals surface area (Å²) in [5.74, 6) is -1.53. The Kier molecular flexibility index (Phi) is 3.99. The lowest BCUT2D eigenvalue weighted by atomic mass is 9.91. The summed E-state index contributed by atoms with van der Waals surface area (Å²) in [6.45, 7) is 0. The minimum Gasteiger partial charge on any atom is -0.481 e. The highest BCUT2D eigenvalue weighted by Crippen LogP contribution is 2.26. The molecular weight excluding hydrogens is 264 g/mol. The van der Waals surface area contributed by atoms with Crippen LogP contribution < -0.4 is 0 Å². The molecule has 0 heterocycles. The fourth-order valence-corrected chi connectivity index (χ4v) is 2.11. The molecule has 0 bridgehead atoms. The zero-order valence-corrected chi connectivity index (χ0v) is 11.2. The highest BCUT2D eigenvalue weighted by molar-refractivity contribution is 7.80. The molecule has 92 valence electrons. The Balaban J connectivity index is 2.43. The van der Waals surface area contributed by atoms with Gasteiger partial charge in [0, 0.05) is 9.79 Å². The van der Waals surface area contributed by atoms with Crippen molar-refractivity contribution >= 4 is 31.2 Å². The first-order valence-corrected chi connectivity index (χ1v) is 6.28. The second kappa shape index (κ2) is 5.50. The van der Waals surface area contributed by atoms with Crippen LogP contribution in [0, 0.1) is 0 Å². The lowest BCUT2D eigenvalue weighted by Crippen LogP contribution is -2.12. The van der Waals surface area contributed by atoms with Gasteiger partial charge in [-0.15, -0.1) is 25.3 Å². The number of benzene rings is 2. The van der Waals surface area contributed by atoms with E-state index in [1.54, 1.807) is 48.5 Å². The lowest BCUT2D eigenvalue weighted by Gasteiger charge is -2.13. The maximum atomic E-state index is 11.4. The molecule has 0 aliphatic heterocycles. The first-order chi connectivity index (χ1) is 8.58. The van der Waals surface area contributed by atoms with Gasteiger partial charge in [0.25, 0.3) is 0 Å². The van der Waals surface area contributed by atoms with Gasteiger partial charge < -0.3 is 5.11 Å². The van der Waals surface area contributed by atoms with Gasteiger partial charge in [-0.25, -0.2) is 0 Å². The van der Waals surface area contributed by atoms with Crippen molar-refractivity contribution in [1.29, 1.82) is 0 Å². The topological polar surface area (TPSA) is 37.3 Å². The predicted octanol–water partition coefficient (Wildman–Crippen LogP) is 3.48. The average Bonchev–Trinajstić information content (AvgIpc) is 2.34. The normalized spacial score (nSPS) is 10.6. The largest absolute Gasteiger partial charge is 0.481 e. The predicted molar refractivity (Wildman–Crippen MR) is 76.9 cm³/mol. The van der Waals surface area contributed by atoms with E-state index in [1.165, 1.54) is 0 Å². The molecule has 2 aromatic rings. The third-order valence-corrected chi connectivity index (χ3v) is 3.30. The quantitative estimate of drug-likeness (QED) is 0.751. The van der Waals surface area contributed by atoms with E-state index >= 15 is 0 Å². The molecule has 0 amide bonds. The number of hydrogen-bond donors (Lipinski definition) is 3. The molecule has 0 radical (unpaired) electrons. The summed E-state index contributed by atoms with van der Waals surface area (Å²) in [5, 5.41) is 9.38. The van der Waals surface area contributed by atoms with Gasteiger partial charge in [0.2, 0.25) is 0 Å². The van der Waals surface area contributed by atoms with E-state index in [0.29, 0.717) is 0 Å². The van der Waals surface area contributed by atoms with Crippen LogP contribution in [0.4, 0.5) is 0 Å². The molecule has 18 heavy (non-hydrogen) atoms. The molecule has 1 N–H and O–H groups in total. The summed E-state index contributed by atoms with van der Waals surface area (Å²) >= 11 is 8.39. The molecule has 0 saturated heterocycles. The molecule has 0 spiro atoms. The fourth-order valence-electron chi connectivity index (χ4n) is 1.81. The zero-order valence-electron chi connectivity index (χ0n) is 9.45. The Morgan fingerprint density at radius 2 is 1.17 bits per heavy atom. The van der Waals surface area contributed by atoms with E-state index in [9.17, 15) is 9.90 Å². The minimum atomic E-state index is -0.867. The maximum Gasteiger partial charge on any atom is 0.315 e. The summed E-state index contributed by atoms with van der Waals surface area (Å²) in [6, 6.07) is 14.3. The van der Waals surface area contributed by atoms with Gasteiger partial charge in [0.05, 0.1) is 0 Å². The van der Waals surface area contributed by atoms with E-state index in [-0.39, 0.29) is 0 Å². The molecule has 0 atom stereocenters. The highest BCUT2D eigenvalue weighted by atomic mass is 32.1. The first-order valence-electron chi connectivity index (χ1n) is 5.38. The Labute approximate surface area is 116 Å². The van der Waals surface area contributed by atoms with Gasteiger partial charge in [-0.2, -0.15) is 0 Å². The highest BCUT2D eigenvalue weighted by Gasteiger charge is 2.21. The molecule has 0 aliphatic rings. The molecule has 2 rings (SSSR count). The SMILES string of the molecule is O=C(O)C(c1ccc(S)cc1)c1ccc(S)cc1. The average molecular weight is 276 g/mol. The molecule has 0 unspecified atom stereocenters. The van der Waals surface area contributed by atoms with Crippen LogP contribution in [0.25, 0.3) is 0 Å². The van der Waals surface area contributed by atoms with Gasteiger partial charge in [0.15, 0.2) is 0 Å². The van der Waals surface area contributed by atoms with Crippen molar-refractivity contribution in [3.05, 3.63) is 59.7 Å². The maximum absolute atomic E-state index is 11.4. The van der Waals surface area contributed by atoms with Crippen LogP contribution in [0.3, 0.4) is 0 Å². The van der Waals surface area contributed by atoms with E-state index in [1.807, 2.05) is 0 Å². The number of thiol groups is 2. The van der Waals surface area contributed by atoms with Crippen molar-refractivity contribution in [2.45, 2.75) is 15.7 Å². The van der Waals surface area contributed by atoms with Crippen molar-refractivity contribution in [2.75, 3.05) is 0 Å². The molecular formula is C14H12O2S2. The number of carboxylic acid groups (broad SMARTS) is 1. The monoisotopic (exact) mass is 276 g/mol. The van der Waals surface area contributed by atoms with E-state index in [4.69, 9.17) is 0 Å². The number of hydrogen-bond acceptors (Lipinski definition) is 3. The van der Waals surface area contributed by atoms with Gasteiger partial charge in [-0.05, 0) is 35.4 Å². The summed E-state index contributed by atoms with van der Waals surface area (Å²) in [6.07, 6.45) is 0. The van der Waals surface area contributed by atoms with E-state index in [0.717, 1.165) is 20.9 Å². The lowest BCUT2D eigenvalue weighted by molar-refractivity contribution is -0.137. The molecule has 0 aromatic heterocycles. The second-order valence-electron chi connectivity index (χ2n) is 3.95. The minimum absolute atomic E-state index is 0.659. The second-order valence-corrected chi connectivity index (χ2v) is 4.99. The number of carbonyl (C=O) groups is 1. The van der Waals surface area contributed by atoms with Gasteiger partial charge in [0.1, 0.15) is 5.92 Å². The van der Waals surface area contributed by atoms with Crippen LogP contribution in [0.1, 0.15) is 17.0 Å². The summed E-state index contributed by atoms with van der Waals surface area (Å²) in [7, 11) is 0. The summed E-state index contributed by atoms with van der Waals surface area (Å²) in [5.41, 5.74) is 1.49. The third kappa shape index (κ3) is 2.89. The Morgan fingerprint density at radius 1 is 0.833 bits per heavy atom. The summed E-state index contributed by atoms with van der Waals surface area (Å²) < 4.78 is 0. The van der Waals surface area contributed by atoms with Crippen molar-refractivity contribution in [3.8, 4) is 0 Å². The van der Waals surface area contributed by atoms with Crippen LogP contribution in [-0.2, 0) is 4.79 Å². The number of rotatable bonds is 3. The van der Waals surface area contributed by atoms with Crippen molar-refractivity contribution in [2.24, 2.45) is 0 Å². The van der Waals surface area contributed by atoms with Crippen LogP contribution in [-0.4, -0.2) is 11.1 Å². The van der Waals surface area contributed by atoms with Gasteiger partial charge in [-0.3, -0.25) is 4.79 Å². The molecule has 4 heteroatoms. The molecule has 0 fully saturated rings. The first kappa shape index (κ1) is 13.1. The molecule has 2 nitrogen and oxygen atoms in total. The molecule has 0 aliphatic carbocycles. The van der Waals surface area contributed by atoms with Crippen molar-refractivity contribution in [1.82, 2.24) is 0 Å². The van der Waals surface area contributed by atoms with Crippen LogP contribution in [0.2, 0.25) is 0 Å². The fraction of sp³-hybridized carbons (Fsp3) is 0.0714. The van der Waals surface area contributed by atoms with E-state index < -0.39 is 11.9 Å². The van der Waals surface area contributed by atoms with Crippen LogP contribution in [0.5, 0.6) is 0 Å². The van der Waals surface area contributed by atoms with Crippen LogP contribution >= 0.6 is 25.3 Å². The van der Waals surface area contributed by atoms with Crippen molar-refractivity contribution < 1.29 is 9.90 Å². The third-order valence-electron chi connectivity index (χ3n) is 2.70. The van der Waals surface area contributed by atoms with Crippen molar-refractivity contribution in [3.63, 3.8) is 0 Å². The van der Waals surface area contributed by atoms with Crippen LogP contribution in [0.15, 0.2) is 58.3 Å². The summed E-state index contributed by atoms with van der Waals surface area (Å²) in [4.78, 5) is 13.1. The Morgan fingerprint density at radius 3 is 1.44 bits per heavy atom. The smallest absolute Gasteiger partial charge is 0.315 e. The Bertz CT molecular complexity index is 502. The zero-order chi connectivity index (χ0) is 13.1. The van der Waals surface area contributed by atoms with Gasteiger partial charge >= 0.3 is 5.97 Å². The molecule has 2 aromatic carbocycles. The molecule has 0 saturated carbocycles. The standard InChI is InChI=1S/C14H12O2S2/c15-14(16)13(9-1-5-11(17)6-2-9)10-3-7-12(18)8-4-10/h1-8,13,17-18H,(H,15,16). The number of aliphatic carboxylic acids is 1. The van der Waals surface area contributed by atoms with E-state index in [2.05, 4.69) is 25.3 Å². The number of carboxylic acids is 1. The van der Waals surface area contributed by atoms with Gasteiger partial charge in [-0.1, -0.05) is 24.3 Å².